The highest BCUT2D eigenvalue weighted by Crippen LogP contribution is 2.33. The number of halogens is 4. The highest BCUT2D eigenvalue weighted by atomic mass is 19.4. The van der Waals surface area contributed by atoms with E-state index in [1.54, 1.807) is 0 Å². The summed E-state index contributed by atoms with van der Waals surface area (Å²) in [5.41, 5.74) is 0. The molecule has 1 aromatic carbocycles. The molecule has 1 aliphatic carbocycles. The average Bonchev–Trinajstić information content (AvgIpc) is 2.62. The molecule has 0 aromatic heterocycles. The number of hydrogen-bond acceptors (Lipinski definition) is 2. The SMILES string of the molecule is CCCCCCCC1CCC(COc2ccc(OC(F)(F)F)c(F)c2)CC1. The fourth-order valence-corrected chi connectivity index (χ4v) is 3.72. The summed E-state index contributed by atoms with van der Waals surface area (Å²) >= 11 is 0. The van der Waals surface area contributed by atoms with Crippen LogP contribution in [0.1, 0.15) is 71.1 Å². The minimum Gasteiger partial charge on any atom is -0.493 e. The van der Waals surface area contributed by atoms with Crippen LogP contribution in [0.25, 0.3) is 0 Å². The van der Waals surface area contributed by atoms with Gasteiger partial charge in [-0.15, -0.1) is 13.2 Å². The second-order valence-electron chi connectivity index (χ2n) is 7.54. The van der Waals surface area contributed by atoms with Gasteiger partial charge in [-0.2, -0.15) is 0 Å². The van der Waals surface area contributed by atoms with E-state index in [9.17, 15) is 17.6 Å². The highest BCUT2D eigenvalue weighted by molar-refractivity contribution is 5.33. The van der Waals surface area contributed by atoms with Crippen molar-refractivity contribution in [3.8, 4) is 11.5 Å². The van der Waals surface area contributed by atoms with Crippen molar-refractivity contribution in [2.45, 2.75) is 77.5 Å². The van der Waals surface area contributed by atoms with E-state index in [2.05, 4.69) is 11.7 Å². The third-order valence-electron chi connectivity index (χ3n) is 5.30. The van der Waals surface area contributed by atoms with Crippen molar-refractivity contribution in [2.75, 3.05) is 6.61 Å². The van der Waals surface area contributed by atoms with Crippen LogP contribution in [0.15, 0.2) is 18.2 Å². The molecule has 2 rings (SSSR count). The lowest BCUT2D eigenvalue weighted by molar-refractivity contribution is -0.275. The normalized spacial score (nSPS) is 20.5. The zero-order valence-corrected chi connectivity index (χ0v) is 16.0. The zero-order chi connectivity index (χ0) is 19.7. The molecule has 1 aliphatic rings. The van der Waals surface area contributed by atoms with E-state index in [1.807, 2.05) is 0 Å². The molecule has 0 N–H and O–H groups in total. The first-order chi connectivity index (χ1) is 12.9. The summed E-state index contributed by atoms with van der Waals surface area (Å²) in [5.74, 6) is -0.444. The first-order valence-corrected chi connectivity index (χ1v) is 10.1. The molecule has 1 fully saturated rings. The van der Waals surface area contributed by atoms with Crippen LogP contribution < -0.4 is 9.47 Å². The van der Waals surface area contributed by atoms with Crippen molar-refractivity contribution in [2.24, 2.45) is 11.8 Å². The molecule has 0 bridgehead atoms. The Kier molecular flexibility index (Phi) is 8.71. The fraction of sp³-hybridized carbons (Fsp3) is 0.714. The molecule has 27 heavy (non-hydrogen) atoms. The van der Waals surface area contributed by atoms with Crippen molar-refractivity contribution in [3.63, 3.8) is 0 Å². The van der Waals surface area contributed by atoms with E-state index in [1.165, 1.54) is 57.4 Å². The Morgan fingerprint density at radius 2 is 1.63 bits per heavy atom. The van der Waals surface area contributed by atoms with E-state index < -0.39 is 17.9 Å². The van der Waals surface area contributed by atoms with Crippen LogP contribution in [-0.4, -0.2) is 13.0 Å². The van der Waals surface area contributed by atoms with Crippen molar-refractivity contribution in [1.82, 2.24) is 0 Å². The number of alkyl halides is 3. The van der Waals surface area contributed by atoms with Crippen LogP contribution in [0.5, 0.6) is 11.5 Å². The van der Waals surface area contributed by atoms with E-state index in [4.69, 9.17) is 4.74 Å². The lowest BCUT2D eigenvalue weighted by Gasteiger charge is -2.28. The predicted molar refractivity (Wildman–Crippen MR) is 97.4 cm³/mol. The third-order valence-corrected chi connectivity index (χ3v) is 5.30. The fourth-order valence-electron chi connectivity index (χ4n) is 3.72. The predicted octanol–water partition coefficient (Wildman–Crippen LogP) is 7.27. The summed E-state index contributed by atoms with van der Waals surface area (Å²) in [4.78, 5) is 0. The van der Waals surface area contributed by atoms with Gasteiger partial charge in [0, 0.05) is 6.07 Å². The van der Waals surface area contributed by atoms with E-state index >= 15 is 0 Å². The Balaban J connectivity index is 1.67. The van der Waals surface area contributed by atoms with Crippen LogP contribution >= 0.6 is 0 Å². The maximum atomic E-state index is 13.7. The van der Waals surface area contributed by atoms with Gasteiger partial charge in [-0.1, -0.05) is 58.3 Å². The maximum absolute atomic E-state index is 13.7. The molecule has 6 heteroatoms. The standard InChI is InChI=1S/C21H30F4O2/c1-2-3-4-5-6-7-16-8-10-17(11-9-16)15-26-18-12-13-20(19(22)14-18)27-21(23,24)25/h12-14,16-17H,2-11,15H2,1H3. The van der Waals surface area contributed by atoms with Gasteiger partial charge in [-0.25, -0.2) is 4.39 Å². The topological polar surface area (TPSA) is 18.5 Å². The lowest BCUT2D eigenvalue weighted by Crippen LogP contribution is -2.20. The molecule has 0 atom stereocenters. The molecule has 0 radical (unpaired) electrons. The molecule has 0 heterocycles. The Morgan fingerprint density at radius 1 is 0.963 bits per heavy atom. The molecular formula is C21H30F4O2. The molecule has 154 valence electrons. The van der Waals surface area contributed by atoms with Gasteiger partial charge in [-0.05, 0) is 36.8 Å². The number of ether oxygens (including phenoxy) is 2. The van der Waals surface area contributed by atoms with Crippen LogP contribution in [-0.2, 0) is 0 Å². The average molecular weight is 390 g/mol. The number of rotatable bonds is 10. The third kappa shape index (κ3) is 8.39. The van der Waals surface area contributed by atoms with Gasteiger partial charge in [0.1, 0.15) is 5.75 Å². The monoisotopic (exact) mass is 390 g/mol. The lowest BCUT2D eigenvalue weighted by atomic mass is 9.80. The van der Waals surface area contributed by atoms with Crippen LogP contribution in [0.4, 0.5) is 17.6 Å². The summed E-state index contributed by atoms with van der Waals surface area (Å²) < 4.78 is 59.4. The minimum atomic E-state index is -4.90. The van der Waals surface area contributed by atoms with Gasteiger partial charge in [0.2, 0.25) is 0 Å². The number of hydrogen-bond donors (Lipinski definition) is 0. The largest absolute Gasteiger partial charge is 0.573 e. The first-order valence-electron chi connectivity index (χ1n) is 10.1. The molecule has 0 saturated heterocycles. The van der Waals surface area contributed by atoms with E-state index in [0.717, 1.165) is 30.9 Å². The Bertz CT molecular complexity index is 552. The summed E-state index contributed by atoms with van der Waals surface area (Å²) in [6, 6.07) is 3.21. The van der Waals surface area contributed by atoms with Crippen molar-refractivity contribution in [3.05, 3.63) is 24.0 Å². The second-order valence-corrected chi connectivity index (χ2v) is 7.54. The van der Waals surface area contributed by atoms with Gasteiger partial charge in [-0.3, -0.25) is 0 Å². The summed E-state index contributed by atoms with van der Waals surface area (Å²) in [6.07, 6.45) is 7.58. The first kappa shape index (κ1) is 21.8. The minimum absolute atomic E-state index is 0.236. The number of unbranched alkanes of at least 4 members (excludes halogenated alkanes) is 4. The van der Waals surface area contributed by atoms with Gasteiger partial charge in [0.25, 0.3) is 0 Å². The Labute approximate surface area is 159 Å². The molecule has 1 aromatic rings. The molecule has 0 spiro atoms. The summed E-state index contributed by atoms with van der Waals surface area (Å²) in [5, 5.41) is 0. The maximum Gasteiger partial charge on any atom is 0.573 e. The van der Waals surface area contributed by atoms with E-state index in [0.29, 0.717) is 12.5 Å². The Hall–Kier alpha value is -1.46. The summed E-state index contributed by atoms with van der Waals surface area (Å²) in [6.45, 7) is 2.70. The van der Waals surface area contributed by atoms with Crippen molar-refractivity contribution in [1.29, 1.82) is 0 Å². The van der Waals surface area contributed by atoms with Gasteiger partial charge in [0.15, 0.2) is 11.6 Å². The van der Waals surface area contributed by atoms with Crippen LogP contribution in [0.2, 0.25) is 0 Å². The smallest absolute Gasteiger partial charge is 0.493 e. The van der Waals surface area contributed by atoms with Gasteiger partial charge in [0.05, 0.1) is 6.61 Å². The van der Waals surface area contributed by atoms with Crippen molar-refractivity contribution >= 4 is 0 Å². The molecule has 2 nitrogen and oxygen atoms in total. The molecular weight excluding hydrogens is 360 g/mol. The van der Waals surface area contributed by atoms with Gasteiger partial charge < -0.3 is 9.47 Å². The summed E-state index contributed by atoms with van der Waals surface area (Å²) in [7, 11) is 0. The van der Waals surface area contributed by atoms with Gasteiger partial charge >= 0.3 is 6.36 Å². The highest BCUT2D eigenvalue weighted by Gasteiger charge is 2.32. The van der Waals surface area contributed by atoms with Crippen LogP contribution in [0.3, 0.4) is 0 Å². The van der Waals surface area contributed by atoms with E-state index in [-0.39, 0.29) is 5.75 Å². The van der Waals surface area contributed by atoms with Crippen LogP contribution in [0, 0.1) is 17.7 Å². The molecule has 1 saturated carbocycles. The zero-order valence-electron chi connectivity index (χ0n) is 16.0. The molecule has 0 aliphatic heterocycles. The van der Waals surface area contributed by atoms with Crippen molar-refractivity contribution < 1.29 is 27.0 Å². The quantitative estimate of drug-likeness (QED) is 0.309. The Morgan fingerprint density at radius 3 is 2.26 bits per heavy atom. The molecule has 0 unspecified atom stereocenters. The molecule has 0 amide bonds. The number of benzene rings is 1. The second kappa shape index (κ2) is 10.8.